The number of aryl methyl sites for hydroxylation is 1. The van der Waals surface area contributed by atoms with Gasteiger partial charge >= 0.3 is 0 Å². The van der Waals surface area contributed by atoms with E-state index in [0.717, 1.165) is 27.5 Å². The van der Waals surface area contributed by atoms with Gasteiger partial charge in [-0.3, -0.25) is 13.8 Å². The van der Waals surface area contributed by atoms with Gasteiger partial charge in [0.15, 0.2) is 5.16 Å². The summed E-state index contributed by atoms with van der Waals surface area (Å²) >= 11 is 7.98. The number of aromatic nitrogens is 5. The summed E-state index contributed by atoms with van der Waals surface area (Å²) in [4.78, 5) is 17.5. The van der Waals surface area contributed by atoms with Crippen LogP contribution in [0.5, 0.6) is 0 Å². The molecular formula is C23H18ClN5OS. The molecule has 0 unspecified atom stereocenters. The van der Waals surface area contributed by atoms with Gasteiger partial charge in [0.1, 0.15) is 5.15 Å². The Morgan fingerprint density at radius 3 is 2.84 bits per heavy atom. The van der Waals surface area contributed by atoms with Crippen molar-refractivity contribution in [3.8, 4) is 0 Å². The molecule has 0 aliphatic rings. The molecule has 3 aromatic heterocycles. The van der Waals surface area contributed by atoms with E-state index in [1.807, 2.05) is 41.7 Å². The Kier molecular flexibility index (Phi) is 5.00. The minimum atomic E-state index is -0.107. The van der Waals surface area contributed by atoms with E-state index < -0.39 is 0 Å². The van der Waals surface area contributed by atoms with E-state index in [9.17, 15) is 4.79 Å². The lowest BCUT2D eigenvalue weighted by atomic mass is 10.1. The summed E-state index contributed by atoms with van der Waals surface area (Å²) in [7, 11) is 0. The molecule has 0 N–H and O–H groups in total. The Hall–Kier alpha value is -3.16. The Morgan fingerprint density at radius 2 is 2.00 bits per heavy atom. The summed E-state index contributed by atoms with van der Waals surface area (Å²) < 4.78 is 3.50. The third-order valence-electron chi connectivity index (χ3n) is 5.15. The highest BCUT2D eigenvalue weighted by Crippen LogP contribution is 2.29. The maximum Gasteiger partial charge on any atom is 0.263 e. The van der Waals surface area contributed by atoms with E-state index in [1.54, 1.807) is 10.6 Å². The summed E-state index contributed by atoms with van der Waals surface area (Å²) in [6.45, 7) is 6.15. The molecule has 6 nitrogen and oxygen atoms in total. The normalized spacial score (nSPS) is 11.5. The van der Waals surface area contributed by atoms with Gasteiger partial charge < -0.3 is 0 Å². The van der Waals surface area contributed by atoms with Crippen LogP contribution in [-0.2, 0) is 12.3 Å². The smallest absolute Gasteiger partial charge is 0.263 e. The minimum absolute atomic E-state index is 0.107. The molecule has 0 aliphatic carbocycles. The van der Waals surface area contributed by atoms with Crippen LogP contribution in [-0.4, -0.2) is 24.1 Å². The van der Waals surface area contributed by atoms with Gasteiger partial charge in [0.2, 0.25) is 5.78 Å². The zero-order valence-corrected chi connectivity index (χ0v) is 18.3. The van der Waals surface area contributed by atoms with E-state index in [-0.39, 0.29) is 5.56 Å². The molecule has 31 heavy (non-hydrogen) atoms. The molecule has 0 amide bonds. The molecule has 0 bridgehead atoms. The molecule has 8 heteroatoms. The van der Waals surface area contributed by atoms with Crippen molar-refractivity contribution < 1.29 is 0 Å². The number of para-hydroxylation sites is 1. The third-order valence-corrected chi connectivity index (χ3v) is 6.45. The molecule has 0 atom stereocenters. The maximum absolute atomic E-state index is 12.9. The van der Waals surface area contributed by atoms with Crippen LogP contribution in [0.2, 0.25) is 5.15 Å². The van der Waals surface area contributed by atoms with E-state index in [4.69, 9.17) is 11.6 Å². The number of hydrogen-bond acceptors (Lipinski definition) is 5. The quantitative estimate of drug-likeness (QED) is 0.215. The molecule has 0 aliphatic heterocycles. The lowest BCUT2D eigenvalue weighted by Gasteiger charge is -2.10. The molecule has 0 spiro atoms. The first-order valence-corrected chi connectivity index (χ1v) is 11.1. The number of pyridine rings is 1. The van der Waals surface area contributed by atoms with Gasteiger partial charge in [0.05, 0.1) is 16.4 Å². The number of nitrogens with zero attached hydrogens (tertiary/aromatic N) is 5. The molecule has 2 aromatic carbocycles. The van der Waals surface area contributed by atoms with Gasteiger partial charge in [-0.05, 0) is 36.8 Å². The summed E-state index contributed by atoms with van der Waals surface area (Å²) in [5.74, 6) is 1.06. The fourth-order valence-corrected chi connectivity index (χ4v) is 4.87. The van der Waals surface area contributed by atoms with Crippen molar-refractivity contribution in [1.29, 1.82) is 0 Å². The molecule has 0 saturated heterocycles. The Labute approximate surface area is 187 Å². The van der Waals surface area contributed by atoms with Crippen molar-refractivity contribution in [1.82, 2.24) is 24.1 Å². The number of rotatable bonds is 5. The van der Waals surface area contributed by atoms with Gasteiger partial charge in [-0.25, -0.2) is 4.98 Å². The molecular weight excluding hydrogens is 430 g/mol. The molecule has 0 saturated carbocycles. The molecule has 0 radical (unpaired) electrons. The Bertz CT molecular complexity index is 1540. The second kappa shape index (κ2) is 7.83. The summed E-state index contributed by atoms with van der Waals surface area (Å²) in [6.07, 6.45) is 1.68. The van der Waals surface area contributed by atoms with Crippen LogP contribution >= 0.6 is 23.4 Å². The molecule has 0 fully saturated rings. The van der Waals surface area contributed by atoms with E-state index in [2.05, 4.69) is 40.0 Å². The van der Waals surface area contributed by atoms with Gasteiger partial charge in [0, 0.05) is 23.2 Å². The van der Waals surface area contributed by atoms with Crippen molar-refractivity contribution in [2.24, 2.45) is 0 Å². The van der Waals surface area contributed by atoms with Crippen molar-refractivity contribution in [3.05, 3.63) is 87.8 Å². The lowest BCUT2D eigenvalue weighted by Crippen LogP contribution is -2.22. The lowest BCUT2D eigenvalue weighted by molar-refractivity contribution is 0.783. The summed E-state index contributed by atoms with van der Waals surface area (Å²) in [5, 5.41) is 11.5. The number of hydrogen-bond donors (Lipinski definition) is 0. The second-order valence-corrected chi connectivity index (χ2v) is 8.56. The summed E-state index contributed by atoms with van der Waals surface area (Å²) in [5.41, 5.74) is 3.61. The second-order valence-electron chi connectivity index (χ2n) is 7.26. The number of fused-ring (bicyclic) bond motifs is 4. The summed E-state index contributed by atoms with van der Waals surface area (Å²) in [6, 6.07) is 15.7. The fourth-order valence-electron chi connectivity index (χ4n) is 3.66. The first kappa shape index (κ1) is 19.8. The first-order chi connectivity index (χ1) is 15.1. The molecule has 5 rings (SSSR count). The van der Waals surface area contributed by atoms with Crippen molar-refractivity contribution in [2.45, 2.75) is 24.4 Å². The van der Waals surface area contributed by atoms with E-state index in [1.165, 1.54) is 11.8 Å². The molecule has 3 heterocycles. The number of benzene rings is 2. The SMILES string of the molecule is C=CCn1c(=O)c2ccccc2n2c(SCc3cc4ccc(C)cc4nc3Cl)nnc12. The van der Waals surface area contributed by atoms with Gasteiger partial charge in [0.25, 0.3) is 5.56 Å². The average molecular weight is 448 g/mol. The topological polar surface area (TPSA) is 65.1 Å². The van der Waals surface area contributed by atoms with Crippen LogP contribution in [0.25, 0.3) is 27.6 Å². The molecule has 5 aromatic rings. The average Bonchev–Trinajstić information content (AvgIpc) is 3.19. The Morgan fingerprint density at radius 1 is 1.16 bits per heavy atom. The zero-order chi connectivity index (χ0) is 21.5. The Balaban J connectivity index is 1.60. The van der Waals surface area contributed by atoms with Crippen LogP contribution in [0.3, 0.4) is 0 Å². The van der Waals surface area contributed by atoms with E-state index in [0.29, 0.717) is 33.8 Å². The first-order valence-electron chi connectivity index (χ1n) is 9.73. The van der Waals surface area contributed by atoms with Crippen LogP contribution < -0.4 is 5.56 Å². The van der Waals surface area contributed by atoms with Crippen LogP contribution in [0, 0.1) is 6.92 Å². The van der Waals surface area contributed by atoms with Crippen LogP contribution in [0.1, 0.15) is 11.1 Å². The standard InChI is InChI=1S/C23H18ClN5OS/c1-3-10-28-21(30)17-6-4-5-7-19(17)29-22(28)26-27-23(29)31-13-16-12-15-9-8-14(2)11-18(15)25-20(16)24/h3-9,11-12H,1,10,13H2,2H3. The predicted octanol–water partition coefficient (Wildman–Crippen LogP) is 5.03. The fraction of sp³-hybridized carbons (Fsp3) is 0.130. The number of allylic oxidation sites excluding steroid dienone is 1. The minimum Gasteiger partial charge on any atom is -0.272 e. The van der Waals surface area contributed by atoms with Crippen molar-refractivity contribution >= 4 is 50.9 Å². The highest BCUT2D eigenvalue weighted by atomic mass is 35.5. The largest absolute Gasteiger partial charge is 0.272 e. The number of halogens is 1. The van der Waals surface area contributed by atoms with E-state index >= 15 is 0 Å². The van der Waals surface area contributed by atoms with Crippen molar-refractivity contribution in [2.75, 3.05) is 0 Å². The monoisotopic (exact) mass is 447 g/mol. The molecule has 154 valence electrons. The van der Waals surface area contributed by atoms with Gasteiger partial charge in [-0.2, -0.15) is 0 Å². The van der Waals surface area contributed by atoms with Crippen LogP contribution in [0.4, 0.5) is 0 Å². The number of thioether (sulfide) groups is 1. The maximum atomic E-state index is 12.9. The van der Waals surface area contributed by atoms with Gasteiger partial charge in [-0.15, -0.1) is 16.8 Å². The third kappa shape index (κ3) is 3.40. The van der Waals surface area contributed by atoms with Crippen LogP contribution in [0.15, 0.2) is 71.1 Å². The zero-order valence-electron chi connectivity index (χ0n) is 16.7. The predicted molar refractivity (Wildman–Crippen MR) is 126 cm³/mol. The highest BCUT2D eigenvalue weighted by molar-refractivity contribution is 7.98. The van der Waals surface area contributed by atoms with Crippen molar-refractivity contribution in [3.63, 3.8) is 0 Å². The van der Waals surface area contributed by atoms with Gasteiger partial charge in [-0.1, -0.05) is 53.7 Å². The highest BCUT2D eigenvalue weighted by Gasteiger charge is 2.17.